The van der Waals surface area contributed by atoms with Crippen LogP contribution in [0.1, 0.15) is 21.6 Å². The minimum absolute atomic E-state index is 0.109. The molecule has 0 unspecified atom stereocenters. The van der Waals surface area contributed by atoms with E-state index in [0.29, 0.717) is 18.1 Å². The Morgan fingerprint density at radius 1 is 1.12 bits per heavy atom. The smallest absolute Gasteiger partial charge is 0.275 e. The molecule has 0 bridgehead atoms. The number of amides is 1. The summed E-state index contributed by atoms with van der Waals surface area (Å²) in [5.41, 5.74) is 7.96. The van der Waals surface area contributed by atoms with Gasteiger partial charge in [-0.15, -0.1) is 5.10 Å². The van der Waals surface area contributed by atoms with Gasteiger partial charge in [-0.3, -0.25) is 4.79 Å². The summed E-state index contributed by atoms with van der Waals surface area (Å²) >= 11 is 6.07. The van der Waals surface area contributed by atoms with Gasteiger partial charge < -0.3 is 11.1 Å². The van der Waals surface area contributed by atoms with E-state index < -0.39 is 0 Å². The van der Waals surface area contributed by atoms with Crippen LogP contribution in [0.5, 0.6) is 0 Å². The van der Waals surface area contributed by atoms with Crippen molar-refractivity contribution in [3.05, 3.63) is 76.4 Å². The van der Waals surface area contributed by atoms with E-state index in [-0.39, 0.29) is 17.4 Å². The summed E-state index contributed by atoms with van der Waals surface area (Å²) in [6, 6.07) is 17.0. The van der Waals surface area contributed by atoms with Gasteiger partial charge in [-0.1, -0.05) is 65.3 Å². The minimum atomic E-state index is -0.383. The zero-order valence-corrected chi connectivity index (χ0v) is 13.6. The van der Waals surface area contributed by atoms with Crippen LogP contribution in [0.2, 0.25) is 5.02 Å². The molecule has 0 aliphatic heterocycles. The summed E-state index contributed by atoms with van der Waals surface area (Å²) in [6.07, 6.45) is 0. The molecule has 2 aromatic carbocycles. The average molecular weight is 342 g/mol. The number of hydrogen-bond donors (Lipinski definition) is 2. The monoisotopic (exact) mass is 341 g/mol. The lowest BCUT2D eigenvalue weighted by Crippen LogP contribution is -2.24. The summed E-state index contributed by atoms with van der Waals surface area (Å²) in [5, 5.41) is 11.2. The SMILES string of the molecule is Nc1c(C(=O)NCc2ccccc2Cl)nnn1Cc1ccccc1. The topological polar surface area (TPSA) is 85.8 Å². The van der Waals surface area contributed by atoms with Gasteiger partial charge in [-0.05, 0) is 17.2 Å². The molecule has 3 N–H and O–H groups in total. The van der Waals surface area contributed by atoms with E-state index in [1.807, 2.05) is 48.5 Å². The Labute approximate surface area is 144 Å². The first-order valence-electron chi connectivity index (χ1n) is 7.39. The van der Waals surface area contributed by atoms with Crippen LogP contribution in [0.4, 0.5) is 5.82 Å². The number of carbonyl (C=O) groups is 1. The van der Waals surface area contributed by atoms with Crippen LogP contribution in [0, 0.1) is 0 Å². The van der Waals surface area contributed by atoms with Gasteiger partial charge in [-0.2, -0.15) is 0 Å². The molecule has 0 aliphatic rings. The molecule has 122 valence electrons. The molecule has 1 amide bonds. The van der Waals surface area contributed by atoms with Crippen molar-refractivity contribution in [1.82, 2.24) is 20.3 Å². The zero-order valence-electron chi connectivity index (χ0n) is 12.8. The summed E-state index contributed by atoms with van der Waals surface area (Å²) in [4.78, 5) is 12.3. The molecule has 0 aliphatic carbocycles. The maximum absolute atomic E-state index is 12.3. The normalized spacial score (nSPS) is 10.5. The predicted molar refractivity (Wildman–Crippen MR) is 92.6 cm³/mol. The van der Waals surface area contributed by atoms with E-state index in [2.05, 4.69) is 15.6 Å². The lowest BCUT2D eigenvalue weighted by molar-refractivity contribution is 0.0947. The molecule has 6 nitrogen and oxygen atoms in total. The van der Waals surface area contributed by atoms with Crippen LogP contribution in [-0.4, -0.2) is 20.9 Å². The Kier molecular flexibility index (Phi) is 4.77. The molecular formula is C17H16ClN5O. The van der Waals surface area contributed by atoms with Crippen LogP contribution >= 0.6 is 11.6 Å². The molecule has 1 heterocycles. The summed E-state index contributed by atoms with van der Waals surface area (Å²) in [5.74, 6) is -0.151. The second kappa shape index (κ2) is 7.14. The molecule has 3 rings (SSSR count). The van der Waals surface area contributed by atoms with Crippen molar-refractivity contribution < 1.29 is 4.79 Å². The fraction of sp³-hybridized carbons (Fsp3) is 0.118. The van der Waals surface area contributed by atoms with Gasteiger partial charge in [0.2, 0.25) is 0 Å². The number of halogens is 1. The first-order chi connectivity index (χ1) is 11.6. The highest BCUT2D eigenvalue weighted by molar-refractivity contribution is 6.31. The number of carbonyl (C=O) groups excluding carboxylic acids is 1. The van der Waals surface area contributed by atoms with Crippen molar-refractivity contribution in [3.63, 3.8) is 0 Å². The molecule has 7 heteroatoms. The fourth-order valence-corrected chi connectivity index (χ4v) is 2.46. The third-order valence-electron chi connectivity index (χ3n) is 3.56. The Bertz CT molecular complexity index is 847. The number of nitrogens with one attached hydrogen (secondary N) is 1. The van der Waals surface area contributed by atoms with Gasteiger partial charge >= 0.3 is 0 Å². The Hall–Kier alpha value is -2.86. The molecule has 0 saturated heterocycles. The van der Waals surface area contributed by atoms with Gasteiger partial charge in [0.25, 0.3) is 5.91 Å². The van der Waals surface area contributed by atoms with Gasteiger partial charge in [0.05, 0.1) is 6.54 Å². The molecule has 0 atom stereocenters. The van der Waals surface area contributed by atoms with Crippen molar-refractivity contribution in [2.24, 2.45) is 0 Å². The third-order valence-corrected chi connectivity index (χ3v) is 3.93. The molecule has 24 heavy (non-hydrogen) atoms. The highest BCUT2D eigenvalue weighted by Crippen LogP contribution is 2.15. The number of aromatic nitrogens is 3. The average Bonchev–Trinajstić information content (AvgIpc) is 2.96. The van der Waals surface area contributed by atoms with Gasteiger partial charge in [-0.25, -0.2) is 4.68 Å². The molecule has 0 saturated carbocycles. The number of benzene rings is 2. The summed E-state index contributed by atoms with van der Waals surface area (Å²) in [7, 11) is 0. The van der Waals surface area contributed by atoms with E-state index in [4.69, 9.17) is 17.3 Å². The van der Waals surface area contributed by atoms with Crippen LogP contribution in [0.15, 0.2) is 54.6 Å². The quantitative estimate of drug-likeness (QED) is 0.746. The van der Waals surface area contributed by atoms with Crippen molar-refractivity contribution in [2.45, 2.75) is 13.1 Å². The third kappa shape index (κ3) is 3.55. The number of nitrogens with two attached hydrogens (primary N) is 1. The largest absolute Gasteiger partial charge is 0.382 e. The van der Waals surface area contributed by atoms with Crippen molar-refractivity contribution in [3.8, 4) is 0 Å². The lowest BCUT2D eigenvalue weighted by atomic mass is 10.2. The molecule has 1 aromatic heterocycles. The molecule has 0 radical (unpaired) electrons. The van der Waals surface area contributed by atoms with Gasteiger partial charge in [0, 0.05) is 11.6 Å². The maximum Gasteiger partial charge on any atom is 0.275 e. The van der Waals surface area contributed by atoms with Crippen LogP contribution in [0.25, 0.3) is 0 Å². The maximum atomic E-state index is 12.3. The zero-order chi connectivity index (χ0) is 16.9. The van der Waals surface area contributed by atoms with E-state index in [9.17, 15) is 4.79 Å². The van der Waals surface area contributed by atoms with Crippen LogP contribution in [-0.2, 0) is 13.1 Å². The van der Waals surface area contributed by atoms with Crippen molar-refractivity contribution in [1.29, 1.82) is 0 Å². The second-order valence-electron chi connectivity index (χ2n) is 5.24. The minimum Gasteiger partial charge on any atom is -0.382 e. The van der Waals surface area contributed by atoms with Gasteiger partial charge in [0.15, 0.2) is 11.5 Å². The summed E-state index contributed by atoms with van der Waals surface area (Å²) in [6.45, 7) is 0.751. The van der Waals surface area contributed by atoms with Crippen molar-refractivity contribution >= 4 is 23.3 Å². The molecular weight excluding hydrogens is 326 g/mol. The molecule has 0 spiro atoms. The lowest BCUT2D eigenvalue weighted by Gasteiger charge is -2.06. The second-order valence-corrected chi connectivity index (χ2v) is 5.65. The van der Waals surface area contributed by atoms with Crippen LogP contribution < -0.4 is 11.1 Å². The van der Waals surface area contributed by atoms with Crippen molar-refractivity contribution in [2.75, 3.05) is 5.73 Å². The van der Waals surface area contributed by atoms with E-state index in [1.54, 1.807) is 6.07 Å². The first kappa shape index (κ1) is 16.0. The number of nitrogens with zero attached hydrogens (tertiary/aromatic N) is 3. The predicted octanol–water partition coefficient (Wildman–Crippen LogP) is 2.49. The number of hydrogen-bond acceptors (Lipinski definition) is 4. The van der Waals surface area contributed by atoms with Gasteiger partial charge in [0.1, 0.15) is 0 Å². The standard InChI is InChI=1S/C17H16ClN5O/c18-14-9-5-4-8-13(14)10-20-17(24)15-16(19)23(22-21-15)11-12-6-2-1-3-7-12/h1-9H,10-11,19H2,(H,20,24). The summed E-state index contributed by atoms with van der Waals surface area (Å²) < 4.78 is 1.50. The number of nitrogen functional groups attached to an aromatic ring is 1. The Morgan fingerprint density at radius 3 is 2.58 bits per heavy atom. The Morgan fingerprint density at radius 2 is 1.83 bits per heavy atom. The Balaban J connectivity index is 1.69. The highest BCUT2D eigenvalue weighted by atomic mass is 35.5. The fourth-order valence-electron chi connectivity index (χ4n) is 2.26. The molecule has 3 aromatic rings. The number of rotatable bonds is 5. The highest BCUT2D eigenvalue weighted by Gasteiger charge is 2.17. The molecule has 0 fully saturated rings. The van der Waals surface area contributed by atoms with E-state index in [1.165, 1.54) is 4.68 Å². The number of anilines is 1. The van der Waals surface area contributed by atoms with Crippen LogP contribution in [0.3, 0.4) is 0 Å². The van der Waals surface area contributed by atoms with E-state index in [0.717, 1.165) is 11.1 Å². The first-order valence-corrected chi connectivity index (χ1v) is 7.77. The van der Waals surface area contributed by atoms with E-state index >= 15 is 0 Å².